The van der Waals surface area contributed by atoms with Crippen molar-refractivity contribution in [2.45, 2.75) is 6.92 Å². The zero-order valence-electron chi connectivity index (χ0n) is 11.7. The third-order valence-corrected chi connectivity index (χ3v) is 3.22. The standard InChI is InChI=1S/C16H14FN3O/c1-10-3-5-12(14(7-10)21-2)13-9-19-16(20-13)11-4-6-15(17)18-8-11/h3-9H,1-2H3,(H,19,20). The molecule has 3 rings (SSSR count). The first-order chi connectivity index (χ1) is 10.2. The smallest absolute Gasteiger partial charge is 0.212 e. The molecule has 2 heterocycles. The summed E-state index contributed by atoms with van der Waals surface area (Å²) in [6.07, 6.45) is 3.18. The lowest BCUT2D eigenvalue weighted by molar-refractivity contribution is 0.416. The van der Waals surface area contributed by atoms with Crippen LogP contribution in [0.4, 0.5) is 4.39 Å². The van der Waals surface area contributed by atoms with E-state index in [1.807, 2.05) is 25.1 Å². The number of benzene rings is 1. The summed E-state index contributed by atoms with van der Waals surface area (Å²) in [4.78, 5) is 11.2. The van der Waals surface area contributed by atoms with Gasteiger partial charge < -0.3 is 9.72 Å². The number of aromatic nitrogens is 3. The molecular weight excluding hydrogens is 269 g/mol. The van der Waals surface area contributed by atoms with Crippen LogP contribution in [0.2, 0.25) is 0 Å². The number of halogens is 1. The summed E-state index contributed by atoms with van der Waals surface area (Å²) in [5, 5.41) is 0. The number of rotatable bonds is 3. The van der Waals surface area contributed by atoms with E-state index < -0.39 is 5.95 Å². The molecule has 2 aromatic heterocycles. The van der Waals surface area contributed by atoms with Gasteiger partial charge in [-0.3, -0.25) is 0 Å². The molecular formula is C16H14FN3O. The maximum atomic E-state index is 12.9. The van der Waals surface area contributed by atoms with Gasteiger partial charge in [-0.1, -0.05) is 6.07 Å². The van der Waals surface area contributed by atoms with Crippen molar-refractivity contribution in [3.8, 4) is 28.4 Å². The van der Waals surface area contributed by atoms with Crippen LogP contribution < -0.4 is 4.74 Å². The Balaban J connectivity index is 2.00. The molecule has 0 aliphatic rings. The van der Waals surface area contributed by atoms with E-state index in [0.29, 0.717) is 5.82 Å². The molecule has 1 aromatic carbocycles. The fourth-order valence-corrected chi connectivity index (χ4v) is 2.14. The number of methoxy groups -OCH3 is 1. The van der Waals surface area contributed by atoms with Crippen molar-refractivity contribution in [1.82, 2.24) is 15.0 Å². The summed E-state index contributed by atoms with van der Waals surface area (Å²) in [5.74, 6) is 0.910. The second-order valence-electron chi connectivity index (χ2n) is 4.72. The molecule has 0 fully saturated rings. The summed E-state index contributed by atoms with van der Waals surface area (Å²) in [6.45, 7) is 2.01. The number of H-pyrrole nitrogens is 1. The van der Waals surface area contributed by atoms with Crippen LogP contribution in [0.1, 0.15) is 5.56 Å². The van der Waals surface area contributed by atoms with E-state index in [1.54, 1.807) is 19.4 Å². The van der Waals surface area contributed by atoms with Crippen LogP contribution in [0.3, 0.4) is 0 Å². The lowest BCUT2D eigenvalue weighted by Gasteiger charge is -2.07. The van der Waals surface area contributed by atoms with E-state index in [1.165, 1.54) is 12.3 Å². The number of hydrogen-bond donors (Lipinski definition) is 1. The van der Waals surface area contributed by atoms with Gasteiger partial charge in [0.25, 0.3) is 0 Å². The lowest BCUT2D eigenvalue weighted by Crippen LogP contribution is -1.89. The first-order valence-corrected chi connectivity index (χ1v) is 6.49. The Morgan fingerprint density at radius 2 is 1.95 bits per heavy atom. The van der Waals surface area contributed by atoms with Gasteiger partial charge in [0, 0.05) is 17.3 Å². The Morgan fingerprint density at radius 3 is 2.67 bits per heavy atom. The third kappa shape index (κ3) is 2.63. The molecule has 21 heavy (non-hydrogen) atoms. The van der Waals surface area contributed by atoms with Crippen molar-refractivity contribution in [3.05, 3.63) is 54.2 Å². The Bertz CT molecular complexity index is 765. The predicted molar refractivity (Wildman–Crippen MR) is 78.5 cm³/mol. The maximum absolute atomic E-state index is 12.9. The van der Waals surface area contributed by atoms with Crippen LogP contribution >= 0.6 is 0 Å². The monoisotopic (exact) mass is 283 g/mol. The normalized spacial score (nSPS) is 10.6. The number of ether oxygens (including phenoxy) is 1. The number of hydrogen-bond acceptors (Lipinski definition) is 3. The minimum absolute atomic E-state index is 0.509. The summed E-state index contributed by atoms with van der Waals surface area (Å²) >= 11 is 0. The fourth-order valence-electron chi connectivity index (χ4n) is 2.14. The first-order valence-electron chi connectivity index (χ1n) is 6.49. The van der Waals surface area contributed by atoms with E-state index in [0.717, 1.165) is 28.1 Å². The van der Waals surface area contributed by atoms with Crippen molar-refractivity contribution in [2.24, 2.45) is 0 Å². The van der Waals surface area contributed by atoms with E-state index in [2.05, 4.69) is 15.0 Å². The van der Waals surface area contributed by atoms with Crippen molar-refractivity contribution in [2.75, 3.05) is 7.11 Å². The SMILES string of the molecule is COc1cc(C)ccc1-c1cnc(-c2ccc(F)nc2)[nH]1. The summed E-state index contributed by atoms with van der Waals surface area (Å²) in [6, 6.07) is 8.91. The molecule has 0 unspecified atom stereocenters. The highest BCUT2D eigenvalue weighted by atomic mass is 19.1. The Morgan fingerprint density at radius 1 is 1.10 bits per heavy atom. The highest BCUT2D eigenvalue weighted by molar-refractivity contribution is 5.70. The zero-order valence-corrected chi connectivity index (χ0v) is 11.7. The molecule has 0 bridgehead atoms. The molecule has 3 aromatic rings. The summed E-state index contributed by atoms with van der Waals surface area (Å²) in [7, 11) is 1.64. The summed E-state index contributed by atoms with van der Waals surface area (Å²) in [5.41, 5.74) is 3.62. The lowest BCUT2D eigenvalue weighted by atomic mass is 10.1. The van der Waals surface area contributed by atoms with E-state index in [9.17, 15) is 4.39 Å². The van der Waals surface area contributed by atoms with Crippen LogP contribution in [-0.4, -0.2) is 22.1 Å². The molecule has 1 N–H and O–H groups in total. The Hall–Kier alpha value is -2.69. The molecule has 0 atom stereocenters. The van der Waals surface area contributed by atoms with Crippen LogP contribution in [0.15, 0.2) is 42.7 Å². The molecule has 0 saturated heterocycles. The van der Waals surface area contributed by atoms with Gasteiger partial charge in [0.2, 0.25) is 5.95 Å². The van der Waals surface area contributed by atoms with E-state index >= 15 is 0 Å². The molecule has 0 amide bonds. The maximum Gasteiger partial charge on any atom is 0.212 e. The first kappa shape index (κ1) is 13.3. The molecule has 0 spiro atoms. The van der Waals surface area contributed by atoms with Gasteiger partial charge in [-0.05, 0) is 36.8 Å². The van der Waals surface area contributed by atoms with E-state index in [-0.39, 0.29) is 0 Å². The van der Waals surface area contributed by atoms with Gasteiger partial charge in [0.15, 0.2) is 0 Å². The fraction of sp³-hybridized carbons (Fsp3) is 0.125. The largest absolute Gasteiger partial charge is 0.496 e. The van der Waals surface area contributed by atoms with Crippen molar-refractivity contribution < 1.29 is 9.13 Å². The van der Waals surface area contributed by atoms with Crippen LogP contribution in [0, 0.1) is 12.9 Å². The second-order valence-corrected chi connectivity index (χ2v) is 4.72. The third-order valence-electron chi connectivity index (χ3n) is 3.22. The van der Waals surface area contributed by atoms with Crippen molar-refractivity contribution >= 4 is 0 Å². The van der Waals surface area contributed by atoms with Crippen LogP contribution in [-0.2, 0) is 0 Å². The molecule has 4 nitrogen and oxygen atoms in total. The van der Waals surface area contributed by atoms with Gasteiger partial charge in [0.1, 0.15) is 11.6 Å². The number of pyridine rings is 1. The highest BCUT2D eigenvalue weighted by Crippen LogP contribution is 2.30. The number of nitrogens with one attached hydrogen (secondary N) is 1. The van der Waals surface area contributed by atoms with E-state index in [4.69, 9.17) is 4.74 Å². The van der Waals surface area contributed by atoms with Gasteiger partial charge >= 0.3 is 0 Å². The molecule has 0 aliphatic heterocycles. The van der Waals surface area contributed by atoms with Crippen LogP contribution in [0.5, 0.6) is 5.75 Å². The molecule has 106 valence electrons. The summed E-state index contributed by atoms with van der Waals surface area (Å²) < 4.78 is 18.3. The quantitative estimate of drug-likeness (QED) is 0.747. The van der Waals surface area contributed by atoms with Crippen LogP contribution in [0.25, 0.3) is 22.6 Å². The number of imidazole rings is 1. The molecule has 5 heteroatoms. The van der Waals surface area contributed by atoms with Gasteiger partial charge in [-0.25, -0.2) is 9.97 Å². The topological polar surface area (TPSA) is 50.8 Å². The molecule has 0 radical (unpaired) electrons. The minimum atomic E-state index is -0.509. The minimum Gasteiger partial charge on any atom is -0.496 e. The van der Waals surface area contributed by atoms with Gasteiger partial charge in [-0.15, -0.1) is 0 Å². The number of aryl methyl sites for hydroxylation is 1. The zero-order chi connectivity index (χ0) is 14.8. The highest BCUT2D eigenvalue weighted by Gasteiger charge is 2.10. The van der Waals surface area contributed by atoms with Gasteiger partial charge in [-0.2, -0.15) is 4.39 Å². The Kier molecular flexibility index (Phi) is 3.39. The second kappa shape index (κ2) is 5.36. The predicted octanol–water partition coefficient (Wildman–Crippen LogP) is 3.59. The number of aromatic amines is 1. The molecule has 0 aliphatic carbocycles. The molecule has 0 saturated carbocycles. The van der Waals surface area contributed by atoms with Gasteiger partial charge in [0.05, 0.1) is 19.0 Å². The average molecular weight is 283 g/mol. The Labute approximate surface area is 121 Å². The van der Waals surface area contributed by atoms with Crippen molar-refractivity contribution in [3.63, 3.8) is 0 Å². The average Bonchev–Trinajstić information content (AvgIpc) is 2.97. The van der Waals surface area contributed by atoms with Crippen molar-refractivity contribution in [1.29, 1.82) is 0 Å². The number of nitrogens with zero attached hydrogens (tertiary/aromatic N) is 2.